The van der Waals surface area contributed by atoms with Gasteiger partial charge in [0.05, 0.1) is 6.20 Å². The van der Waals surface area contributed by atoms with Crippen LogP contribution in [0.1, 0.15) is 78.4 Å². The van der Waals surface area contributed by atoms with Gasteiger partial charge in [-0.05, 0) is 25.7 Å². The second-order valence-corrected chi connectivity index (χ2v) is 7.85. The third-order valence-corrected chi connectivity index (χ3v) is 4.71. The maximum atomic E-state index is 5.83. The molecule has 1 fully saturated rings. The molecule has 2 atom stereocenters. The van der Waals surface area contributed by atoms with Crippen molar-refractivity contribution < 1.29 is 4.42 Å². The summed E-state index contributed by atoms with van der Waals surface area (Å²) in [5.74, 6) is 3.30. The van der Waals surface area contributed by atoms with Gasteiger partial charge in [-0.15, -0.1) is 24.0 Å². The summed E-state index contributed by atoms with van der Waals surface area (Å²) in [5.41, 5.74) is -0.0189. The van der Waals surface area contributed by atoms with Crippen molar-refractivity contribution in [2.24, 2.45) is 10.9 Å². The predicted octanol–water partition coefficient (Wildman–Crippen LogP) is 4.61. The Bertz CT molecular complexity index is 536. The van der Waals surface area contributed by atoms with E-state index in [-0.39, 0.29) is 29.4 Å². The van der Waals surface area contributed by atoms with Crippen LogP contribution in [0.4, 0.5) is 0 Å². The average Bonchev–Trinajstić information content (AvgIpc) is 3.02. The number of rotatable bonds is 5. The first-order valence-corrected chi connectivity index (χ1v) is 9.42. The first kappa shape index (κ1) is 22.3. The van der Waals surface area contributed by atoms with E-state index in [4.69, 9.17) is 4.42 Å². The maximum absolute atomic E-state index is 5.83. The van der Waals surface area contributed by atoms with E-state index >= 15 is 0 Å². The van der Waals surface area contributed by atoms with Crippen LogP contribution in [0.3, 0.4) is 0 Å². The molecule has 1 aliphatic rings. The Balaban J connectivity index is 0.00000312. The van der Waals surface area contributed by atoms with Crippen molar-refractivity contribution in [3.63, 3.8) is 0 Å². The SMILES string of the molecule is CCNC(=NCc1ncc(C(C)(C)C)o1)NC1CCCC(CC)C1.I. The Hall–Kier alpha value is -0.790. The van der Waals surface area contributed by atoms with Gasteiger partial charge >= 0.3 is 0 Å². The zero-order chi connectivity index (χ0) is 17.6. The second-order valence-electron chi connectivity index (χ2n) is 7.85. The molecule has 5 nitrogen and oxygen atoms in total. The molecule has 25 heavy (non-hydrogen) atoms. The van der Waals surface area contributed by atoms with Gasteiger partial charge in [-0.25, -0.2) is 9.98 Å². The highest BCUT2D eigenvalue weighted by Gasteiger charge is 2.22. The molecular weight excluding hydrogens is 427 g/mol. The van der Waals surface area contributed by atoms with Crippen LogP contribution in [-0.4, -0.2) is 23.5 Å². The van der Waals surface area contributed by atoms with Crippen LogP contribution in [0.5, 0.6) is 0 Å². The summed E-state index contributed by atoms with van der Waals surface area (Å²) in [4.78, 5) is 9.02. The van der Waals surface area contributed by atoms with Crippen molar-refractivity contribution in [3.8, 4) is 0 Å². The average molecular weight is 462 g/mol. The van der Waals surface area contributed by atoms with E-state index in [2.05, 4.69) is 55.2 Å². The Labute approximate surface area is 169 Å². The highest BCUT2D eigenvalue weighted by Crippen LogP contribution is 2.26. The quantitative estimate of drug-likeness (QED) is 0.381. The van der Waals surface area contributed by atoms with Crippen molar-refractivity contribution in [2.75, 3.05) is 6.54 Å². The topological polar surface area (TPSA) is 62.5 Å². The van der Waals surface area contributed by atoms with E-state index in [1.165, 1.54) is 32.1 Å². The van der Waals surface area contributed by atoms with Gasteiger partial charge in [0.15, 0.2) is 5.96 Å². The number of nitrogens with zero attached hydrogens (tertiary/aromatic N) is 2. The van der Waals surface area contributed by atoms with Gasteiger partial charge in [0.2, 0.25) is 5.89 Å². The molecule has 0 radical (unpaired) electrons. The molecule has 0 amide bonds. The number of guanidine groups is 1. The number of aliphatic imine (C=N–C) groups is 1. The highest BCUT2D eigenvalue weighted by atomic mass is 127. The van der Waals surface area contributed by atoms with E-state index < -0.39 is 0 Å². The third kappa shape index (κ3) is 7.15. The standard InChI is InChI=1S/C19H34N4O.HI/c1-6-14-9-8-10-15(11-14)23-18(20-7-2)22-13-17-21-12-16(24-17)19(3,4)5;/h12,14-15H,6-11,13H2,1-5H3,(H2,20,22,23);1H. The molecular formula is C19H35IN4O. The molecule has 0 bridgehead atoms. The van der Waals surface area contributed by atoms with Crippen molar-refractivity contribution in [3.05, 3.63) is 17.8 Å². The fourth-order valence-electron chi connectivity index (χ4n) is 3.18. The molecule has 6 heteroatoms. The minimum absolute atomic E-state index is 0. The summed E-state index contributed by atoms with van der Waals surface area (Å²) in [6.07, 6.45) is 8.25. The van der Waals surface area contributed by atoms with Gasteiger partial charge in [-0.2, -0.15) is 0 Å². The Morgan fingerprint density at radius 1 is 1.32 bits per heavy atom. The first-order valence-electron chi connectivity index (χ1n) is 9.42. The number of aromatic nitrogens is 1. The fraction of sp³-hybridized carbons (Fsp3) is 0.789. The first-order chi connectivity index (χ1) is 11.4. The minimum Gasteiger partial charge on any atom is -0.443 e. The summed E-state index contributed by atoms with van der Waals surface area (Å²) in [7, 11) is 0. The van der Waals surface area contributed by atoms with Crippen LogP contribution in [0.15, 0.2) is 15.6 Å². The smallest absolute Gasteiger partial charge is 0.216 e. The number of halogens is 1. The predicted molar refractivity (Wildman–Crippen MR) is 115 cm³/mol. The van der Waals surface area contributed by atoms with E-state index in [0.717, 1.165) is 24.2 Å². The zero-order valence-corrected chi connectivity index (χ0v) is 18.7. The lowest BCUT2D eigenvalue weighted by atomic mass is 9.84. The lowest BCUT2D eigenvalue weighted by molar-refractivity contribution is 0.298. The molecule has 1 heterocycles. The molecule has 2 rings (SSSR count). The molecule has 1 aliphatic carbocycles. The third-order valence-electron chi connectivity index (χ3n) is 4.71. The number of oxazole rings is 1. The monoisotopic (exact) mass is 462 g/mol. The summed E-state index contributed by atoms with van der Waals surface area (Å²) >= 11 is 0. The highest BCUT2D eigenvalue weighted by molar-refractivity contribution is 14.0. The molecule has 1 aromatic heterocycles. The normalized spacial score (nSPS) is 21.6. The molecule has 0 aliphatic heterocycles. The summed E-state index contributed by atoms with van der Waals surface area (Å²) in [6, 6.07) is 0.524. The lowest BCUT2D eigenvalue weighted by Crippen LogP contribution is -2.45. The van der Waals surface area contributed by atoms with Gasteiger partial charge in [-0.1, -0.05) is 47.0 Å². The largest absolute Gasteiger partial charge is 0.443 e. The fourth-order valence-corrected chi connectivity index (χ4v) is 3.18. The molecule has 1 saturated carbocycles. The number of hydrogen-bond donors (Lipinski definition) is 2. The molecule has 144 valence electrons. The Kier molecular flexibility index (Phi) is 9.24. The van der Waals surface area contributed by atoms with Crippen LogP contribution in [0.2, 0.25) is 0 Å². The molecule has 2 N–H and O–H groups in total. The summed E-state index contributed by atoms with van der Waals surface area (Å²) in [6.45, 7) is 12.1. The zero-order valence-electron chi connectivity index (χ0n) is 16.4. The van der Waals surface area contributed by atoms with Crippen molar-refractivity contribution in [1.29, 1.82) is 0 Å². The van der Waals surface area contributed by atoms with Gasteiger partial charge in [-0.3, -0.25) is 0 Å². The Morgan fingerprint density at radius 2 is 2.08 bits per heavy atom. The van der Waals surface area contributed by atoms with Crippen LogP contribution in [-0.2, 0) is 12.0 Å². The van der Waals surface area contributed by atoms with E-state index in [0.29, 0.717) is 18.5 Å². The summed E-state index contributed by atoms with van der Waals surface area (Å²) in [5, 5.41) is 6.94. The van der Waals surface area contributed by atoms with Crippen LogP contribution in [0.25, 0.3) is 0 Å². The van der Waals surface area contributed by atoms with Crippen LogP contribution >= 0.6 is 24.0 Å². The maximum Gasteiger partial charge on any atom is 0.216 e. The van der Waals surface area contributed by atoms with Gasteiger partial charge in [0.25, 0.3) is 0 Å². The van der Waals surface area contributed by atoms with Crippen molar-refractivity contribution in [1.82, 2.24) is 15.6 Å². The molecule has 2 unspecified atom stereocenters. The van der Waals surface area contributed by atoms with Crippen LogP contribution < -0.4 is 10.6 Å². The Morgan fingerprint density at radius 3 is 2.68 bits per heavy atom. The van der Waals surface area contributed by atoms with Gasteiger partial charge in [0, 0.05) is 18.0 Å². The number of nitrogens with one attached hydrogen (secondary N) is 2. The summed E-state index contributed by atoms with van der Waals surface area (Å²) < 4.78 is 5.83. The number of hydrogen-bond acceptors (Lipinski definition) is 3. The molecule has 0 saturated heterocycles. The molecule has 0 spiro atoms. The van der Waals surface area contributed by atoms with Crippen molar-refractivity contribution in [2.45, 2.75) is 84.7 Å². The second kappa shape index (κ2) is 10.4. The lowest BCUT2D eigenvalue weighted by Gasteiger charge is -2.30. The van der Waals surface area contributed by atoms with E-state index in [1.807, 2.05) is 6.20 Å². The minimum atomic E-state index is -0.0189. The van der Waals surface area contributed by atoms with E-state index in [9.17, 15) is 0 Å². The van der Waals surface area contributed by atoms with Crippen molar-refractivity contribution >= 4 is 29.9 Å². The molecule has 1 aromatic rings. The van der Waals surface area contributed by atoms with Gasteiger partial charge in [0.1, 0.15) is 12.3 Å². The van der Waals surface area contributed by atoms with E-state index in [1.54, 1.807) is 0 Å². The van der Waals surface area contributed by atoms with Gasteiger partial charge < -0.3 is 15.1 Å². The molecule has 0 aromatic carbocycles. The van der Waals surface area contributed by atoms with Crippen LogP contribution in [0, 0.1) is 5.92 Å².